The summed E-state index contributed by atoms with van der Waals surface area (Å²) in [5, 5.41) is 2.90. The van der Waals surface area contributed by atoms with Gasteiger partial charge in [-0.05, 0) is 13.3 Å². The normalized spacial score (nSPS) is 11.9. The van der Waals surface area contributed by atoms with Crippen molar-refractivity contribution in [1.29, 1.82) is 0 Å². The minimum absolute atomic E-state index is 0.144. The van der Waals surface area contributed by atoms with Crippen LogP contribution in [-0.2, 0) is 14.3 Å². The van der Waals surface area contributed by atoms with Crippen molar-refractivity contribution in [2.75, 3.05) is 19.8 Å². The SMILES string of the molecule is CCOC(=O)C(CC)NCCOC(N)=O. The van der Waals surface area contributed by atoms with E-state index in [9.17, 15) is 9.59 Å². The van der Waals surface area contributed by atoms with E-state index in [4.69, 9.17) is 10.5 Å². The van der Waals surface area contributed by atoms with E-state index < -0.39 is 6.09 Å². The van der Waals surface area contributed by atoms with Gasteiger partial charge in [0.2, 0.25) is 0 Å². The molecule has 0 radical (unpaired) electrons. The Morgan fingerprint density at radius 3 is 2.47 bits per heavy atom. The summed E-state index contributed by atoms with van der Waals surface area (Å²) in [6, 6.07) is -0.360. The van der Waals surface area contributed by atoms with Crippen LogP contribution in [0.4, 0.5) is 4.79 Å². The molecule has 1 amide bonds. The third kappa shape index (κ3) is 6.73. The van der Waals surface area contributed by atoms with E-state index in [0.717, 1.165) is 0 Å². The van der Waals surface area contributed by atoms with E-state index in [-0.39, 0.29) is 18.6 Å². The molecule has 0 aromatic heterocycles. The number of nitrogens with one attached hydrogen (secondary N) is 1. The first-order valence-corrected chi connectivity index (χ1v) is 4.94. The van der Waals surface area contributed by atoms with E-state index in [0.29, 0.717) is 19.6 Å². The van der Waals surface area contributed by atoms with Crippen molar-refractivity contribution < 1.29 is 19.1 Å². The molecule has 88 valence electrons. The standard InChI is InChI=1S/C9H18N2O4/c1-3-7(8(12)14-4-2)11-5-6-15-9(10)13/h7,11H,3-6H2,1-2H3,(H2,10,13). The molecule has 15 heavy (non-hydrogen) atoms. The number of nitrogens with two attached hydrogens (primary N) is 1. The van der Waals surface area contributed by atoms with Gasteiger partial charge in [0, 0.05) is 6.54 Å². The number of primary amides is 1. The molecule has 0 fully saturated rings. The van der Waals surface area contributed by atoms with E-state index in [1.54, 1.807) is 6.92 Å². The summed E-state index contributed by atoms with van der Waals surface area (Å²) < 4.78 is 9.34. The van der Waals surface area contributed by atoms with Crippen molar-refractivity contribution in [2.24, 2.45) is 5.73 Å². The smallest absolute Gasteiger partial charge is 0.404 e. The van der Waals surface area contributed by atoms with Gasteiger partial charge in [-0.25, -0.2) is 4.79 Å². The third-order valence-electron chi connectivity index (χ3n) is 1.72. The molecular weight excluding hydrogens is 200 g/mol. The summed E-state index contributed by atoms with van der Waals surface area (Å²) >= 11 is 0. The van der Waals surface area contributed by atoms with Crippen molar-refractivity contribution >= 4 is 12.1 Å². The Morgan fingerprint density at radius 1 is 1.33 bits per heavy atom. The second kappa shape index (κ2) is 8.05. The van der Waals surface area contributed by atoms with Crippen LogP contribution in [0.1, 0.15) is 20.3 Å². The highest BCUT2D eigenvalue weighted by molar-refractivity contribution is 5.75. The minimum Gasteiger partial charge on any atom is -0.465 e. The van der Waals surface area contributed by atoms with Gasteiger partial charge in [-0.3, -0.25) is 4.79 Å². The summed E-state index contributed by atoms with van der Waals surface area (Å²) in [5.41, 5.74) is 4.77. The first-order chi connectivity index (χ1) is 7.11. The summed E-state index contributed by atoms with van der Waals surface area (Å²) in [4.78, 5) is 21.5. The maximum Gasteiger partial charge on any atom is 0.404 e. The molecule has 0 heterocycles. The first-order valence-electron chi connectivity index (χ1n) is 4.94. The molecule has 0 spiro atoms. The Morgan fingerprint density at radius 2 is 2.00 bits per heavy atom. The van der Waals surface area contributed by atoms with Crippen molar-refractivity contribution in [3.8, 4) is 0 Å². The van der Waals surface area contributed by atoms with Gasteiger partial charge in [0.05, 0.1) is 6.61 Å². The number of hydrogen-bond acceptors (Lipinski definition) is 5. The Kier molecular flexibility index (Phi) is 7.35. The van der Waals surface area contributed by atoms with Crippen LogP contribution in [0.3, 0.4) is 0 Å². The van der Waals surface area contributed by atoms with Crippen LogP contribution in [0, 0.1) is 0 Å². The largest absolute Gasteiger partial charge is 0.465 e. The molecule has 0 saturated heterocycles. The lowest BCUT2D eigenvalue weighted by molar-refractivity contribution is -0.145. The fourth-order valence-electron chi connectivity index (χ4n) is 1.02. The van der Waals surface area contributed by atoms with Gasteiger partial charge in [0.1, 0.15) is 12.6 Å². The Balaban J connectivity index is 3.70. The molecule has 0 bridgehead atoms. The fraction of sp³-hybridized carbons (Fsp3) is 0.778. The van der Waals surface area contributed by atoms with Gasteiger partial charge in [-0.2, -0.15) is 0 Å². The summed E-state index contributed by atoms with van der Waals surface area (Å²) in [6.07, 6.45) is -0.198. The van der Waals surface area contributed by atoms with Crippen molar-refractivity contribution in [1.82, 2.24) is 5.32 Å². The summed E-state index contributed by atoms with van der Waals surface area (Å²) in [6.45, 7) is 4.49. The summed E-state index contributed by atoms with van der Waals surface area (Å²) in [5.74, 6) is -0.293. The summed E-state index contributed by atoms with van der Waals surface area (Å²) in [7, 11) is 0. The molecule has 6 heteroatoms. The number of amides is 1. The lowest BCUT2D eigenvalue weighted by Gasteiger charge is -2.14. The van der Waals surface area contributed by atoms with Crippen molar-refractivity contribution in [2.45, 2.75) is 26.3 Å². The molecule has 0 aromatic carbocycles. The fourth-order valence-corrected chi connectivity index (χ4v) is 1.02. The van der Waals surface area contributed by atoms with Crippen LogP contribution in [0.25, 0.3) is 0 Å². The van der Waals surface area contributed by atoms with Gasteiger partial charge in [-0.15, -0.1) is 0 Å². The molecule has 0 aliphatic heterocycles. The van der Waals surface area contributed by atoms with E-state index in [2.05, 4.69) is 10.1 Å². The Hall–Kier alpha value is -1.30. The predicted octanol–water partition coefficient (Wildman–Crippen LogP) is 0.0130. The van der Waals surface area contributed by atoms with Gasteiger partial charge in [-0.1, -0.05) is 6.92 Å². The van der Waals surface area contributed by atoms with Gasteiger partial charge in [0.15, 0.2) is 0 Å². The maximum absolute atomic E-state index is 11.3. The van der Waals surface area contributed by atoms with E-state index in [1.807, 2.05) is 6.92 Å². The van der Waals surface area contributed by atoms with Crippen LogP contribution in [0.15, 0.2) is 0 Å². The quantitative estimate of drug-likeness (QED) is 0.464. The van der Waals surface area contributed by atoms with Gasteiger partial charge in [0.25, 0.3) is 0 Å². The average molecular weight is 218 g/mol. The number of esters is 1. The molecule has 0 aliphatic rings. The number of ether oxygens (including phenoxy) is 2. The number of rotatable bonds is 7. The topological polar surface area (TPSA) is 90.7 Å². The van der Waals surface area contributed by atoms with Crippen LogP contribution >= 0.6 is 0 Å². The molecule has 3 N–H and O–H groups in total. The highest BCUT2D eigenvalue weighted by Gasteiger charge is 2.16. The number of hydrogen-bond donors (Lipinski definition) is 2. The minimum atomic E-state index is -0.819. The number of carbonyl (C=O) groups excluding carboxylic acids is 2. The molecule has 1 unspecified atom stereocenters. The zero-order valence-electron chi connectivity index (χ0n) is 9.12. The average Bonchev–Trinajstić information content (AvgIpc) is 2.17. The maximum atomic E-state index is 11.3. The second-order valence-electron chi connectivity index (χ2n) is 2.83. The van der Waals surface area contributed by atoms with Crippen LogP contribution in [0.5, 0.6) is 0 Å². The number of carbonyl (C=O) groups is 2. The molecule has 0 aliphatic carbocycles. The zero-order chi connectivity index (χ0) is 11.7. The highest BCUT2D eigenvalue weighted by Crippen LogP contribution is 1.94. The van der Waals surface area contributed by atoms with Crippen LogP contribution in [0.2, 0.25) is 0 Å². The Labute approximate surface area is 89.1 Å². The monoisotopic (exact) mass is 218 g/mol. The molecule has 0 saturated carbocycles. The molecule has 6 nitrogen and oxygen atoms in total. The van der Waals surface area contributed by atoms with E-state index >= 15 is 0 Å². The van der Waals surface area contributed by atoms with Crippen molar-refractivity contribution in [3.05, 3.63) is 0 Å². The first kappa shape index (κ1) is 13.7. The van der Waals surface area contributed by atoms with Gasteiger partial charge < -0.3 is 20.5 Å². The molecule has 0 rings (SSSR count). The van der Waals surface area contributed by atoms with E-state index in [1.165, 1.54) is 0 Å². The van der Waals surface area contributed by atoms with Crippen LogP contribution < -0.4 is 11.1 Å². The molecule has 0 aromatic rings. The highest BCUT2D eigenvalue weighted by atomic mass is 16.5. The third-order valence-corrected chi connectivity index (χ3v) is 1.72. The molecule has 1 atom stereocenters. The van der Waals surface area contributed by atoms with Crippen molar-refractivity contribution in [3.63, 3.8) is 0 Å². The van der Waals surface area contributed by atoms with Crippen LogP contribution in [-0.4, -0.2) is 37.9 Å². The second-order valence-corrected chi connectivity index (χ2v) is 2.83. The molecular formula is C9H18N2O4. The zero-order valence-corrected chi connectivity index (χ0v) is 9.12. The Bertz CT molecular complexity index is 208. The predicted molar refractivity (Wildman–Crippen MR) is 54.3 cm³/mol. The lowest BCUT2D eigenvalue weighted by Crippen LogP contribution is -2.39. The van der Waals surface area contributed by atoms with Gasteiger partial charge >= 0.3 is 12.1 Å². The lowest BCUT2D eigenvalue weighted by atomic mass is 10.2.